The lowest BCUT2D eigenvalue weighted by Gasteiger charge is -2.02. The zero-order valence-corrected chi connectivity index (χ0v) is 11.5. The Balaban J connectivity index is 2.20. The highest BCUT2D eigenvalue weighted by atomic mass is 32.2. The van der Waals surface area contributed by atoms with E-state index in [-0.39, 0.29) is 11.7 Å². The Kier molecular flexibility index (Phi) is 3.55. The van der Waals surface area contributed by atoms with Crippen molar-refractivity contribution >= 4 is 49.1 Å². The van der Waals surface area contributed by atoms with E-state index in [9.17, 15) is 8.42 Å². The maximum absolute atomic E-state index is 11.0. The molecule has 0 aromatic carbocycles. The zero-order valence-electron chi connectivity index (χ0n) is 9.08. The Labute approximate surface area is 107 Å². The molecule has 0 saturated heterocycles. The molecule has 5 nitrogen and oxygen atoms in total. The van der Waals surface area contributed by atoms with Gasteiger partial charge in [0, 0.05) is 17.4 Å². The van der Waals surface area contributed by atoms with Crippen LogP contribution in [0.2, 0.25) is 0 Å². The Morgan fingerprint density at radius 3 is 2.94 bits per heavy atom. The molecule has 8 heteroatoms. The van der Waals surface area contributed by atoms with E-state index in [0.717, 1.165) is 15.2 Å². The standard InChI is InChI=1S/C9H11N3O2S3/c1-17(13,14)5-4-16-8-6-2-3-15-7(6)11-9(10)12-8/h2-3H,4-5H2,1H3,(H2,10,11,12). The third-order valence-corrected chi connectivity index (χ3v) is 5.00. The van der Waals surface area contributed by atoms with Crippen molar-refractivity contribution in [3.05, 3.63) is 11.4 Å². The number of aromatic nitrogens is 2. The number of anilines is 1. The summed E-state index contributed by atoms with van der Waals surface area (Å²) in [7, 11) is -2.94. The molecule has 0 bridgehead atoms. The van der Waals surface area contributed by atoms with Gasteiger partial charge in [-0.25, -0.2) is 18.4 Å². The summed E-state index contributed by atoms with van der Waals surface area (Å²) in [6, 6.07) is 1.92. The van der Waals surface area contributed by atoms with E-state index in [2.05, 4.69) is 9.97 Å². The third kappa shape index (κ3) is 3.30. The molecule has 0 saturated carbocycles. The van der Waals surface area contributed by atoms with Crippen LogP contribution in [0.1, 0.15) is 0 Å². The van der Waals surface area contributed by atoms with Gasteiger partial charge in [-0.15, -0.1) is 23.1 Å². The van der Waals surface area contributed by atoms with E-state index in [1.165, 1.54) is 29.4 Å². The van der Waals surface area contributed by atoms with Crippen molar-refractivity contribution in [3.8, 4) is 0 Å². The fourth-order valence-corrected chi connectivity index (χ4v) is 4.30. The van der Waals surface area contributed by atoms with Gasteiger partial charge in [-0.05, 0) is 11.4 Å². The van der Waals surface area contributed by atoms with Crippen molar-refractivity contribution in [2.45, 2.75) is 5.03 Å². The van der Waals surface area contributed by atoms with E-state index in [1.807, 2.05) is 11.4 Å². The number of hydrogen-bond acceptors (Lipinski definition) is 7. The van der Waals surface area contributed by atoms with Crippen molar-refractivity contribution in [1.82, 2.24) is 9.97 Å². The van der Waals surface area contributed by atoms with Crippen molar-refractivity contribution in [1.29, 1.82) is 0 Å². The van der Waals surface area contributed by atoms with Crippen LogP contribution in [0.5, 0.6) is 0 Å². The van der Waals surface area contributed by atoms with Crippen LogP contribution < -0.4 is 5.73 Å². The van der Waals surface area contributed by atoms with Crippen molar-refractivity contribution in [2.75, 3.05) is 23.5 Å². The average Bonchev–Trinajstić information content (AvgIpc) is 2.63. The summed E-state index contributed by atoms with van der Waals surface area (Å²) in [6.07, 6.45) is 1.22. The quantitative estimate of drug-likeness (QED) is 0.676. The molecule has 0 amide bonds. The third-order valence-electron chi connectivity index (χ3n) is 2.00. The molecule has 0 aliphatic carbocycles. The van der Waals surface area contributed by atoms with Crippen molar-refractivity contribution in [2.24, 2.45) is 0 Å². The second kappa shape index (κ2) is 4.79. The fourth-order valence-electron chi connectivity index (χ4n) is 1.24. The van der Waals surface area contributed by atoms with Crippen molar-refractivity contribution in [3.63, 3.8) is 0 Å². The van der Waals surface area contributed by atoms with Crippen LogP contribution in [0.25, 0.3) is 10.2 Å². The smallest absolute Gasteiger partial charge is 0.222 e. The van der Waals surface area contributed by atoms with Gasteiger partial charge in [-0.3, -0.25) is 0 Å². The monoisotopic (exact) mass is 289 g/mol. The molecule has 2 rings (SSSR count). The first kappa shape index (κ1) is 12.6. The fraction of sp³-hybridized carbons (Fsp3) is 0.333. The van der Waals surface area contributed by atoms with Gasteiger partial charge in [0.15, 0.2) is 0 Å². The molecular formula is C9H11N3O2S3. The highest BCUT2D eigenvalue weighted by Gasteiger charge is 2.09. The van der Waals surface area contributed by atoms with Gasteiger partial charge in [-0.1, -0.05) is 0 Å². The van der Waals surface area contributed by atoms with Gasteiger partial charge in [0.2, 0.25) is 5.95 Å². The zero-order chi connectivity index (χ0) is 12.5. The van der Waals surface area contributed by atoms with E-state index >= 15 is 0 Å². The first-order chi connectivity index (χ1) is 7.96. The molecule has 0 aliphatic heterocycles. The second-order valence-corrected chi connectivity index (χ2v) is 7.74. The molecule has 0 spiro atoms. The minimum Gasteiger partial charge on any atom is -0.368 e. The predicted molar refractivity (Wildman–Crippen MR) is 72.3 cm³/mol. The molecular weight excluding hydrogens is 278 g/mol. The number of fused-ring (bicyclic) bond motifs is 1. The summed E-state index contributed by atoms with van der Waals surface area (Å²) in [5, 5.41) is 3.60. The van der Waals surface area contributed by atoms with Crippen molar-refractivity contribution < 1.29 is 8.42 Å². The van der Waals surface area contributed by atoms with Crippen LogP contribution in [0.15, 0.2) is 16.5 Å². The van der Waals surface area contributed by atoms with Gasteiger partial charge >= 0.3 is 0 Å². The number of thioether (sulfide) groups is 1. The number of nitrogens with zero attached hydrogens (tertiary/aromatic N) is 2. The van der Waals surface area contributed by atoms with E-state index < -0.39 is 9.84 Å². The first-order valence-electron chi connectivity index (χ1n) is 4.77. The summed E-state index contributed by atoms with van der Waals surface area (Å²) in [4.78, 5) is 9.07. The molecule has 0 radical (unpaired) electrons. The van der Waals surface area contributed by atoms with E-state index in [1.54, 1.807) is 0 Å². The highest BCUT2D eigenvalue weighted by molar-refractivity contribution is 8.00. The number of sulfone groups is 1. The summed E-state index contributed by atoms with van der Waals surface area (Å²) < 4.78 is 22.1. The maximum Gasteiger partial charge on any atom is 0.222 e. The number of nitrogen functional groups attached to an aromatic ring is 1. The Hall–Kier alpha value is -0.860. The predicted octanol–water partition coefficient (Wildman–Crippen LogP) is 1.41. The molecule has 2 heterocycles. The number of hydrogen-bond donors (Lipinski definition) is 1. The molecule has 17 heavy (non-hydrogen) atoms. The minimum atomic E-state index is -2.94. The topological polar surface area (TPSA) is 85.9 Å². The Morgan fingerprint density at radius 1 is 1.47 bits per heavy atom. The number of rotatable bonds is 4. The van der Waals surface area contributed by atoms with Crippen LogP contribution >= 0.6 is 23.1 Å². The van der Waals surface area contributed by atoms with Crippen LogP contribution in [-0.2, 0) is 9.84 Å². The molecule has 0 aliphatic rings. The lowest BCUT2D eigenvalue weighted by molar-refractivity contribution is 0.603. The summed E-state index contributed by atoms with van der Waals surface area (Å²) >= 11 is 2.88. The number of nitrogens with two attached hydrogens (primary N) is 1. The van der Waals surface area contributed by atoms with E-state index in [4.69, 9.17) is 5.73 Å². The second-order valence-electron chi connectivity index (χ2n) is 3.50. The SMILES string of the molecule is CS(=O)(=O)CCSc1nc(N)nc2sccc12. The molecule has 0 unspecified atom stereocenters. The minimum absolute atomic E-state index is 0.132. The van der Waals surface area contributed by atoms with Gasteiger partial charge in [0.25, 0.3) is 0 Å². The molecule has 2 aromatic heterocycles. The number of thiophene rings is 1. The maximum atomic E-state index is 11.0. The molecule has 2 N–H and O–H groups in total. The lowest BCUT2D eigenvalue weighted by atomic mass is 10.4. The average molecular weight is 289 g/mol. The Morgan fingerprint density at radius 2 is 2.24 bits per heavy atom. The molecule has 92 valence electrons. The van der Waals surface area contributed by atoms with Gasteiger partial charge in [0.1, 0.15) is 19.7 Å². The largest absolute Gasteiger partial charge is 0.368 e. The summed E-state index contributed by atoms with van der Waals surface area (Å²) in [5.41, 5.74) is 5.59. The highest BCUT2D eigenvalue weighted by Crippen LogP contribution is 2.29. The van der Waals surface area contributed by atoms with Gasteiger partial charge in [-0.2, -0.15) is 0 Å². The molecule has 0 fully saturated rings. The molecule has 0 atom stereocenters. The van der Waals surface area contributed by atoms with Crippen LogP contribution in [0.3, 0.4) is 0 Å². The molecule has 2 aromatic rings. The van der Waals surface area contributed by atoms with E-state index in [0.29, 0.717) is 5.75 Å². The normalized spacial score (nSPS) is 12.1. The lowest BCUT2D eigenvalue weighted by Crippen LogP contribution is -2.05. The summed E-state index contributed by atoms with van der Waals surface area (Å²) in [6.45, 7) is 0. The van der Waals surface area contributed by atoms with Crippen LogP contribution in [-0.4, -0.2) is 36.1 Å². The van der Waals surface area contributed by atoms with Gasteiger partial charge < -0.3 is 5.73 Å². The van der Waals surface area contributed by atoms with Gasteiger partial charge in [0.05, 0.1) is 5.75 Å². The summed E-state index contributed by atoms with van der Waals surface area (Å²) in [5.74, 6) is 0.828. The van der Waals surface area contributed by atoms with Crippen LogP contribution in [0.4, 0.5) is 5.95 Å². The van der Waals surface area contributed by atoms with Crippen LogP contribution in [0, 0.1) is 0 Å². The first-order valence-corrected chi connectivity index (χ1v) is 8.69. The Bertz CT molecular complexity index is 636.